The molecule has 0 saturated carbocycles. The molecule has 2 aliphatic heterocycles. The number of nitrogens with one attached hydrogen (secondary N) is 1. The highest BCUT2D eigenvalue weighted by atomic mass is 16.7. The molecule has 24 heavy (non-hydrogen) atoms. The number of likely N-dealkylation sites (N-methyl/N-ethyl adjacent to an activating group) is 1. The van der Waals surface area contributed by atoms with Crippen LogP contribution >= 0.6 is 0 Å². The van der Waals surface area contributed by atoms with Crippen molar-refractivity contribution < 1.29 is 50.0 Å². The zero-order valence-electron chi connectivity index (χ0n) is 13.0. The lowest BCUT2D eigenvalue weighted by Gasteiger charge is -2.46. The van der Waals surface area contributed by atoms with Gasteiger partial charge in [-0.1, -0.05) is 0 Å². The zero-order chi connectivity index (χ0) is 18.0. The van der Waals surface area contributed by atoms with Crippen molar-refractivity contribution in [3.8, 4) is 0 Å². The summed E-state index contributed by atoms with van der Waals surface area (Å²) < 4.78 is 15.9. The van der Waals surface area contributed by atoms with E-state index in [0.717, 1.165) is 0 Å². The topological polar surface area (TPSA) is 181 Å². The van der Waals surface area contributed by atoms with E-state index in [2.05, 4.69) is 5.32 Å². The minimum atomic E-state index is -1.67. The summed E-state index contributed by atoms with van der Waals surface area (Å²) in [4.78, 5) is 0. The van der Waals surface area contributed by atoms with Gasteiger partial charge in [-0.25, -0.2) is 0 Å². The molecule has 2 saturated heterocycles. The number of hydrogen-bond acceptors (Lipinski definition) is 11. The minimum absolute atomic E-state index is 0.552. The van der Waals surface area contributed by atoms with E-state index in [-0.39, 0.29) is 0 Å². The number of rotatable bonds is 5. The number of hydrogen-bond donors (Lipinski definition) is 8. The molecule has 0 aromatic rings. The molecule has 11 heteroatoms. The summed E-state index contributed by atoms with van der Waals surface area (Å²) in [7, 11) is 1.49. The van der Waals surface area contributed by atoms with E-state index >= 15 is 0 Å². The number of ether oxygens (including phenoxy) is 3. The highest BCUT2D eigenvalue weighted by molar-refractivity contribution is 4.94. The quantitative estimate of drug-likeness (QED) is 0.236. The fourth-order valence-corrected chi connectivity index (χ4v) is 2.83. The number of aliphatic hydroxyl groups is 7. The van der Waals surface area contributed by atoms with Crippen molar-refractivity contribution in [2.45, 2.75) is 61.3 Å². The Morgan fingerprint density at radius 2 is 1.42 bits per heavy atom. The standard InChI is InChI=1S/C13H25NO10/c1-14-12-9(20)8(19)11(5(3-16)22-12)24-13-10(21)7(18)6(17)4(2-15)23-13/h4-21H,2-3H2,1H3/t4?,5?,6?,7?,8?,9?,10?,11?,12?,13-/m1/s1. The highest BCUT2D eigenvalue weighted by Crippen LogP contribution is 2.28. The van der Waals surface area contributed by atoms with Crippen LogP contribution in [0.1, 0.15) is 0 Å². The predicted molar refractivity (Wildman–Crippen MR) is 75.5 cm³/mol. The molecule has 0 bridgehead atoms. The maximum Gasteiger partial charge on any atom is 0.187 e. The lowest BCUT2D eigenvalue weighted by molar-refractivity contribution is -0.343. The average molecular weight is 355 g/mol. The van der Waals surface area contributed by atoms with Crippen LogP contribution < -0.4 is 5.32 Å². The lowest BCUT2D eigenvalue weighted by atomic mass is 9.96. The molecule has 0 aromatic carbocycles. The molecule has 2 heterocycles. The van der Waals surface area contributed by atoms with Crippen molar-refractivity contribution in [3.05, 3.63) is 0 Å². The van der Waals surface area contributed by atoms with Crippen LogP contribution in [0.4, 0.5) is 0 Å². The molecule has 0 amide bonds. The Morgan fingerprint density at radius 3 is 1.96 bits per heavy atom. The molecule has 2 fully saturated rings. The first-order valence-electron chi connectivity index (χ1n) is 7.61. The van der Waals surface area contributed by atoms with E-state index in [0.29, 0.717) is 0 Å². The van der Waals surface area contributed by atoms with Crippen molar-refractivity contribution in [1.29, 1.82) is 0 Å². The predicted octanol–water partition coefficient (Wildman–Crippen LogP) is -5.17. The fourth-order valence-electron chi connectivity index (χ4n) is 2.83. The first-order valence-corrected chi connectivity index (χ1v) is 7.61. The van der Waals surface area contributed by atoms with E-state index in [1.165, 1.54) is 7.05 Å². The van der Waals surface area contributed by atoms with Gasteiger partial charge in [0.1, 0.15) is 55.1 Å². The van der Waals surface area contributed by atoms with E-state index < -0.39 is 74.6 Å². The maximum absolute atomic E-state index is 10.2. The van der Waals surface area contributed by atoms with Crippen LogP contribution in [-0.2, 0) is 14.2 Å². The average Bonchev–Trinajstić information content (AvgIpc) is 2.59. The second kappa shape index (κ2) is 8.29. The van der Waals surface area contributed by atoms with Crippen LogP contribution in [0.25, 0.3) is 0 Å². The third kappa shape index (κ3) is 3.71. The number of aliphatic hydroxyl groups excluding tert-OH is 7. The molecule has 0 aliphatic carbocycles. The zero-order valence-corrected chi connectivity index (χ0v) is 13.0. The second-order valence-corrected chi connectivity index (χ2v) is 5.85. The smallest absolute Gasteiger partial charge is 0.187 e. The molecule has 0 radical (unpaired) electrons. The molecule has 9 unspecified atom stereocenters. The molecule has 2 rings (SSSR count). The summed E-state index contributed by atoms with van der Waals surface area (Å²) in [6, 6.07) is 0. The molecule has 8 N–H and O–H groups in total. The Hall–Kier alpha value is -0.440. The summed E-state index contributed by atoms with van der Waals surface area (Å²) in [5.74, 6) is 0. The summed E-state index contributed by atoms with van der Waals surface area (Å²) >= 11 is 0. The monoisotopic (exact) mass is 355 g/mol. The van der Waals surface area contributed by atoms with Gasteiger partial charge < -0.3 is 50.0 Å². The van der Waals surface area contributed by atoms with Crippen LogP contribution in [-0.4, -0.2) is 117 Å². The third-order valence-electron chi connectivity index (χ3n) is 4.29. The lowest BCUT2D eigenvalue weighted by Crippen LogP contribution is -2.66. The van der Waals surface area contributed by atoms with Gasteiger partial charge in [0.2, 0.25) is 0 Å². The van der Waals surface area contributed by atoms with Crippen molar-refractivity contribution >= 4 is 0 Å². The van der Waals surface area contributed by atoms with Crippen molar-refractivity contribution in [1.82, 2.24) is 5.32 Å². The van der Waals surface area contributed by atoms with Gasteiger partial charge in [0.05, 0.1) is 13.2 Å². The third-order valence-corrected chi connectivity index (χ3v) is 4.29. The molecular weight excluding hydrogens is 330 g/mol. The summed E-state index contributed by atoms with van der Waals surface area (Å²) in [6.45, 7) is -1.19. The largest absolute Gasteiger partial charge is 0.394 e. The summed E-state index contributed by atoms with van der Waals surface area (Å²) in [5.41, 5.74) is 0. The molecule has 0 aromatic heterocycles. The Labute approximate surface area is 138 Å². The van der Waals surface area contributed by atoms with Gasteiger partial charge in [0, 0.05) is 0 Å². The summed E-state index contributed by atoms with van der Waals surface area (Å²) in [6.07, 6.45) is -13.7. The maximum atomic E-state index is 10.2. The van der Waals surface area contributed by atoms with Crippen LogP contribution in [0.5, 0.6) is 0 Å². The Morgan fingerprint density at radius 1 is 0.792 bits per heavy atom. The molecule has 0 spiro atoms. The van der Waals surface area contributed by atoms with E-state index in [9.17, 15) is 30.6 Å². The van der Waals surface area contributed by atoms with Gasteiger partial charge >= 0.3 is 0 Å². The van der Waals surface area contributed by atoms with Gasteiger partial charge in [-0.15, -0.1) is 0 Å². The van der Waals surface area contributed by atoms with Crippen LogP contribution in [0, 0.1) is 0 Å². The van der Waals surface area contributed by atoms with Crippen LogP contribution in [0.2, 0.25) is 0 Å². The SMILES string of the molecule is CNC1OC(CO)C(O[C@H]2OC(CO)C(O)C(O)C2O)C(O)C1O. The van der Waals surface area contributed by atoms with Crippen molar-refractivity contribution in [3.63, 3.8) is 0 Å². The van der Waals surface area contributed by atoms with Gasteiger partial charge in [0.15, 0.2) is 6.29 Å². The fraction of sp³-hybridized carbons (Fsp3) is 1.00. The Bertz CT molecular complexity index is 397. The van der Waals surface area contributed by atoms with Crippen LogP contribution in [0.15, 0.2) is 0 Å². The molecule has 10 atom stereocenters. The van der Waals surface area contributed by atoms with Crippen LogP contribution in [0.3, 0.4) is 0 Å². The van der Waals surface area contributed by atoms with Crippen molar-refractivity contribution in [2.24, 2.45) is 0 Å². The molecule has 11 nitrogen and oxygen atoms in total. The minimum Gasteiger partial charge on any atom is -0.394 e. The van der Waals surface area contributed by atoms with Gasteiger partial charge in [-0.3, -0.25) is 5.32 Å². The highest BCUT2D eigenvalue weighted by Gasteiger charge is 2.50. The first kappa shape index (κ1) is 19.9. The first-order chi connectivity index (χ1) is 11.3. The Balaban J connectivity index is 2.12. The second-order valence-electron chi connectivity index (χ2n) is 5.85. The van der Waals surface area contributed by atoms with Crippen molar-refractivity contribution in [2.75, 3.05) is 20.3 Å². The normalized spacial score (nSPS) is 50.0. The van der Waals surface area contributed by atoms with Gasteiger partial charge in [0.25, 0.3) is 0 Å². The van der Waals surface area contributed by atoms with E-state index in [4.69, 9.17) is 19.3 Å². The van der Waals surface area contributed by atoms with Gasteiger partial charge in [-0.2, -0.15) is 0 Å². The molecule has 142 valence electrons. The summed E-state index contributed by atoms with van der Waals surface area (Å²) in [5, 5.41) is 70.8. The molecular formula is C13H25NO10. The van der Waals surface area contributed by atoms with E-state index in [1.807, 2.05) is 0 Å². The molecule has 2 aliphatic rings. The Kier molecular flexibility index (Phi) is 6.87. The van der Waals surface area contributed by atoms with E-state index in [1.54, 1.807) is 0 Å². The van der Waals surface area contributed by atoms with Gasteiger partial charge in [-0.05, 0) is 7.05 Å².